The first kappa shape index (κ1) is 18.1. The molecule has 0 amide bonds. The molecule has 0 saturated heterocycles. The molecule has 2 aliphatic rings. The first-order chi connectivity index (χ1) is 11.5. The Hall–Kier alpha value is -0.730. The summed E-state index contributed by atoms with van der Waals surface area (Å²) >= 11 is 12.8. The number of Topliss-reactive ketones (excluding diaryl/α,β-unsaturated/α-hetero) is 1. The number of carbonyl (C=O) groups excluding carboxylic acids is 1. The minimum Gasteiger partial charge on any atom is -0.495 e. The van der Waals surface area contributed by atoms with E-state index in [9.17, 15) is 4.79 Å². The zero-order chi connectivity index (χ0) is 17.3. The largest absolute Gasteiger partial charge is 0.495 e. The second-order valence-electron chi connectivity index (χ2n) is 7.34. The molecule has 1 unspecified atom stereocenters. The molecule has 1 aromatic rings. The van der Waals surface area contributed by atoms with Crippen LogP contribution in [0.1, 0.15) is 74.2 Å². The standard InChI is InChI=1S/C20H26Cl2O2/c1-3-4-7-10-20(14-8-5-6-9-14)12-13-11-15(24-2)17(21)18(22)16(13)19(20)23/h11,14H,3-10,12H2,1-2H3. The Balaban J connectivity index is 2.02. The zero-order valence-electron chi connectivity index (χ0n) is 14.6. The fourth-order valence-electron chi connectivity index (χ4n) is 4.76. The van der Waals surface area contributed by atoms with Crippen molar-refractivity contribution in [2.45, 2.75) is 64.7 Å². The summed E-state index contributed by atoms with van der Waals surface area (Å²) < 4.78 is 5.35. The van der Waals surface area contributed by atoms with E-state index in [1.54, 1.807) is 7.11 Å². The highest BCUT2D eigenvalue weighted by Gasteiger charge is 2.51. The molecule has 0 bridgehead atoms. The van der Waals surface area contributed by atoms with Gasteiger partial charge in [0.2, 0.25) is 0 Å². The van der Waals surface area contributed by atoms with Gasteiger partial charge in [-0.05, 0) is 43.2 Å². The second-order valence-corrected chi connectivity index (χ2v) is 8.10. The molecule has 0 aromatic heterocycles. The van der Waals surface area contributed by atoms with Gasteiger partial charge in [-0.3, -0.25) is 4.79 Å². The summed E-state index contributed by atoms with van der Waals surface area (Å²) in [6.07, 6.45) is 10.0. The lowest BCUT2D eigenvalue weighted by Gasteiger charge is -2.34. The molecule has 1 aromatic carbocycles. The highest BCUT2D eigenvalue weighted by atomic mass is 35.5. The third-order valence-electron chi connectivity index (χ3n) is 6.02. The molecule has 0 heterocycles. The summed E-state index contributed by atoms with van der Waals surface area (Å²) in [5.41, 5.74) is 1.41. The van der Waals surface area contributed by atoms with Crippen molar-refractivity contribution < 1.29 is 9.53 Å². The first-order valence-corrected chi connectivity index (χ1v) is 9.90. The van der Waals surface area contributed by atoms with E-state index in [4.69, 9.17) is 27.9 Å². The van der Waals surface area contributed by atoms with Crippen LogP contribution >= 0.6 is 23.2 Å². The van der Waals surface area contributed by atoms with Crippen LogP contribution in [-0.2, 0) is 6.42 Å². The Morgan fingerprint density at radius 3 is 2.54 bits per heavy atom. The Bertz CT molecular complexity index is 635. The van der Waals surface area contributed by atoms with Crippen molar-refractivity contribution in [1.82, 2.24) is 0 Å². The maximum absolute atomic E-state index is 13.5. The summed E-state index contributed by atoms with van der Waals surface area (Å²) in [5.74, 6) is 1.29. The third-order valence-corrected chi connectivity index (χ3v) is 6.87. The minimum absolute atomic E-state index is 0.232. The van der Waals surface area contributed by atoms with Gasteiger partial charge in [0, 0.05) is 11.0 Å². The van der Waals surface area contributed by atoms with E-state index < -0.39 is 0 Å². The van der Waals surface area contributed by atoms with Crippen LogP contribution in [0.5, 0.6) is 5.75 Å². The highest BCUT2D eigenvalue weighted by Crippen LogP contribution is 2.54. The van der Waals surface area contributed by atoms with E-state index >= 15 is 0 Å². The van der Waals surface area contributed by atoms with Crippen LogP contribution < -0.4 is 4.74 Å². The van der Waals surface area contributed by atoms with E-state index in [2.05, 4.69) is 6.92 Å². The van der Waals surface area contributed by atoms with Crippen LogP contribution in [0.15, 0.2) is 6.07 Å². The van der Waals surface area contributed by atoms with Crippen molar-refractivity contribution in [3.05, 3.63) is 27.2 Å². The number of carbonyl (C=O) groups is 1. The Kier molecular flexibility index (Phi) is 5.46. The highest BCUT2D eigenvalue weighted by molar-refractivity contribution is 6.45. The Labute approximate surface area is 154 Å². The molecule has 0 spiro atoms. The lowest BCUT2D eigenvalue weighted by Crippen LogP contribution is -2.35. The van der Waals surface area contributed by atoms with Crippen molar-refractivity contribution in [2.24, 2.45) is 11.3 Å². The molecule has 1 saturated carbocycles. The van der Waals surface area contributed by atoms with Crippen molar-refractivity contribution in [3.63, 3.8) is 0 Å². The summed E-state index contributed by atoms with van der Waals surface area (Å²) in [4.78, 5) is 13.5. The van der Waals surface area contributed by atoms with Crippen LogP contribution in [0.2, 0.25) is 10.0 Å². The van der Waals surface area contributed by atoms with Gasteiger partial charge >= 0.3 is 0 Å². The maximum Gasteiger partial charge on any atom is 0.171 e. The van der Waals surface area contributed by atoms with E-state index in [1.165, 1.54) is 25.7 Å². The number of fused-ring (bicyclic) bond motifs is 1. The SMILES string of the molecule is CCCCCC1(C2CCCC2)Cc2cc(OC)c(Cl)c(Cl)c2C1=O. The van der Waals surface area contributed by atoms with Gasteiger partial charge in [0.15, 0.2) is 5.78 Å². The molecule has 2 nitrogen and oxygen atoms in total. The Morgan fingerprint density at radius 2 is 1.92 bits per heavy atom. The lowest BCUT2D eigenvalue weighted by molar-refractivity contribution is 0.0670. The van der Waals surface area contributed by atoms with Crippen molar-refractivity contribution in [2.75, 3.05) is 7.11 Å². The molecule has 3 rings (SSSR count). The molecule has 1 fully saturated rings. The smallest absolute Gasteiger partial charge is 0.171 e. The van der Waals surface area contributed by atoms with Gasteiger partial charge in [0.25, 0.3) is 0 Å². The number of unbranched alkanes of at least 4 members (excludes halogenated alkanes) is 2. The molecule has 24 heavy (non-hydrogen) atoms. The van der Waals surface area contributed by atoms with Crippen LogP contribution in [0.3, 0.4) is 0 Å². The van der Waals surface area contributed by atoms with Gasteiger partial charge in [-0.1, -0.05) is 62.2 Å². The van der Waals surface area contributed by atoms with Gasteiger partial charge in [0.05, 0.1) is 12.1 Å². The van der Waals surface area contributed by atoms with Gasteiger partial charge < -0.3 is 4.74 Å². The lowest BCUT2D eigenvalue weighted by atomic mass is 9.68. The van der Waals surface area contributed by atoms with E-state index in [0.717, 1.165) is 37.7 Å². The van der Waals surface area contributed by atoms with Crippen molar-refractivity contribution >= 4 is 29.0 Å². The van der Waals surface area contributed by atoms with Gasteiger partial charge in [-0.25, -0.2) is 0 Å². The third kappa shape index (κ3) is 2.86. The second kappa shape index (κ2) is 7.25. The quantitative estimate of drug-likeness (QED) is 0.535. The van der Waals surface area contributed by atoms with Gasteiger partial charge in [-0.2, -0.15) is 0 Å². The molecule has 4 heteroatoms. The number of hydrogen-bond acceptors (Lipinski definition) is 2. The molecular weight excluding hydrogens is 343 g/mol. The number of benzene rings is 1. The molecule has 1 atom stereocenters. The molecule has 0 radical (unpaired) electrons. The minimum atomic E-state index is -0.270. The monoisotopic (exact) mass is 368 g/mol. The molecule has 0 N–H and O–H groups in total. The summed E-state index contributed by atoms with van der Waals surface area (Å²) in [5, 5.41) is 0.744. The molecule has 132 valence electrons. The number of rotatable bonds is 6. The summed E-state index contributed by atoms with van der Waals surface area (Å²) in [7, 11) is 1.59. The summed E-state index contributed by atoms with van der Waals surface area (Å²) in [6, 6.07) is 1.93. The Morgan fingerprint density at radius 1 is 1.21 bits per heavy atom. The molecule has 2 aliphatic carbocycles. The summed E-state index contributed by atoms with van der Waals surface area (Å²) in [6.45, 7) is 2.20. The normalized spacial score (nSPS) is 23.8. The molecular formula is C20H26Cl2O2. The van der Waals surface area contributed by atoms with Crippen molar-refractivity contribution in [3.8, 4) is 5.75 Å². The average Bonchev–Trinajstić information content (AvgIpc) is 3.19. The van der Waals surface area contributed by atoms with Crippen LogP contribution in [0.4, 0.5) is 0 Å². The van der Waals surface area contributed by atoms with Gasteiger partial charge in [0.1, 0.15) is 10.8 Å². The number of hydrogen-bond donors (Lipinski definition) is 0. The van der Waals surface area contributed by atoms with Gasteiger partial charge in [-0.15, -0.1) is 0 Å². The van der Waals surface area contributed by atoms with E-state index in [-0.39, 0.29) is 11.2 Å². The predicted molar refractivity (Wildman–Crippen MR) is 99.6 cm³/mol. The van der Waals surface area contributed by atoms with E-state index in [1.807, 2.05) is 6.07 Å². The van der Waals surface area contributed by atoms with E-state index in [0.29, 0.717) is 27.3 Å². The number of halogens is 2. The molecule has 0 aliphatic heterocycles. The zero-order valence-corrected chi connectivity index (χ0v) is 16.1. The van der Waals surface area contributed by atoms with Crippen LogP contribution in [-0.4, -0.2) is 12.9 Å². The van der Waals surface area contributed by atoms with Crippen molar-refractivity contribution in [1.29, 1.82) is 0 Å². The number of methoxy groups -OCH3 is 1. The maximum atomic E-state index is 13.5. The average molecular weight is 369 g/mol. The number of ether oxygens (including phenoxy) is 1. The van der Waals surface area contributed by atoms with Crippen LogP contribution in [0.25, 0.3) is 0 Å². The first-order valence-electron chi connectivity index (χ1n) is 9.14. The number of ketones is 1. The fraction of sp³-hybridized carbons (Fsp3) is 0.650. The van der Waals surface area contributed by atoms with Crippen LogP contribution in [0, 0.1) is 11.3 Å². The predicted octanol–water partition coefficient (Wildman–Crippen LogP) is 6.50. The topological polar surface area (TPSA) is 26.3 Å². The fourth-order valence-corrected chi connectivity index (χ4v) is 5.29.